The summed E-state index contributed by atoms with van der Waals surface area (Å²) in [6.45, 7) is 1.49. The summed E-state index contributed by atoms with van der Waals surface area (Å²) in [6, 6.07) is 3.19. The Balaban J connectivity index is 1.94. The lowest BCUT2D eigenvalue weighted by Crippen LogP contribution is -2.11. The molecule has 0 aliphatic heterocycles. The van der Waals surface area contributed by atoms with Crippen LogP contribution in [0.25, 0.3) is 11.1 Å². The van der Waals surface area contributed by atoms with E-state index in [2.05, 4.69) is 5.16 Å². The molecule has 6 nitrogen and oxygen atoms in total. The van der Waals surface area contributed by atoms with Gasteiger partial charge in [-0.1, -0.05) is 40.0 Å². The fourth-order valence-corrected chi connectivity index (χ4v) is 3.79. The molecule has 0 radical (unpaired) electrons. The highest BCUT2D eigenvalue weighted by Crippen LogP contribution is 2.47. The van der Waals surface area contributed by atoms with Crippen molar-refractivity contribution in [2.24, 2.45) is 7.05 Å². The molecular weight excluding hydrogens is 503 g/mol. The van der Waals surface area contributed by atoms with Crippen LogP contribution in [0.1, 0.15) is 28.9 Å². The summed E-state index contributed by atoms with van der Waals surface area (Å²) in [5.74, 6) is -1.64. The largest absolute Gasteiger partial charge is 0.484 e. The third kappa shape index (κ3) is 4.67. The summed E-state index contributed by atoms with van der Waals surface area (Å²) in [7, 11) is 1.05. The second-order valence-corrected chi connectivity index (χ2v) is 7.48. The maximum atomic E-state index is 14.6. The van der Waals surface area contributed by atoms with Crippen LogP contribution in [0.4, 0.5) is 17.6 Å². The van der Waals surface area contributed by atoms with Crippen LogP contribution in [0.2, 0.25) is 15.2 Å². The highest BCUT2D eigenvalue weighted by atomic mass is 35.5. The summed E-state index contributed by atoms with van der Waals surface area (Å²) >= 11 is 17.9. The summed E-state index contributed by atoms with van der Waals surface area (Å²) in [6.07, 6.45) is -4.82. The van der Waals surface area contributed by atoms with Gasteiger partial charge in [-0.3, -0.25) is 0 Å². The molecule has 2 heterocycles. The Bertz CT molecular complexity index is 1170. The smallest absolute Gasteiger partial charge is 0.432 e. The second kappa shape index (κ2) is 9.21. The molecule has 0 fully saturated rings. The Kier molecular flexibility index (Phi) is 6.97. The van der Waals surface area contributed by atoms with Gasteiger partial charge in [-0.05, 0) is 19.1 Å². The van der Waals surface area contributed by atoms with Crippen molar-refractivity contribution in [1.29, 1.82) is 0 Å². The molecule has 0 unspecified atom stereocenters. The summed E-state index contributed by atoms with van der Waals surface area (Å²) < 4.78 is 70.4. The summed E-state index contributed by atoms with van der Waals surface area (Å²) in [4.78, 5) is 11.6. The summed E-state index contributed by atoms with van der Waals surface area (Å²) in [5, 5.41) is 2.17. The van der Waals surface area contributed by atoms with E-state index in [9.17, 15) is 22.4 Å². The number of hydrogen-bond acceptors (Lipinski definition) is 5. The normalized spacial score (nSPS) is 11.7. The maximum absolute atomic E-state index is 14.6. The molecule has 0 saturated heterocycles. The molecule has 3 aromatic rings. The van der Waals surface area contributed by atoms with Gasteiger partial charge in [0.1, 0.15) is 29.0 Å². The van der Waals surface area contributed by atoms with Crippen molar-refractivity contribution in [2.45, 2.75) is 19.7 Å². The zero-order valence-electron chi connectivity index (χ0n) is 16.3. The first-order valence-corrected chi connectivity index (χ1v) is 9.94. The van der Waals surface area contributed by atoms with Gasteiger partial charge < -0.3 is 18.6 Å². The second-order valence-electron chi connectivity index (χ2n) is 6.34. The molecule has 0 atom stereocenters. The number of hydrogen-bond donors (Lipinski definition) is 0. The van der Waals surface area contributed by atoms with Crippen molar-refractivity contribution in [1.82, 2.24) is 9.72 Å². The van der Waals surface area contributed by atoms with Gasteiger partial charge in [-0.25, -0.2) is 9.18 Å². The molecule has 0 N–H and O–H groups in total. The van der Waals surface area contributed by atoms with Gasteiger partial charge in [0, 0.05) is 24.2 Å². The number of carbonyl (C=O) groups excluding carboxylic acids is 1. The quantitative estimate of drug-likeness (QED) is 0.275. The first-order chi connectivity index (χ1) is 15.0. The number of aromatic nitrogens is 2. The van der Waals surface area contributed by atoms with Crippen LogP contribution in [-0.2, 0) is 24.6 Å². The number of esters is 1. The minimum atomic E-state index is -4.82. The van der Waals surface area contributed by atoms with Gasteiger partial charge in [-0.15, -0.1) is 0 Å². The zero-order chi connectivity index (χ0) is 23.8. The lowest BCUT2D eigenvalue weighted by molar-refractivity contribution is -0.142. The number of halogens is 7. The van der Waals surface area contributed by atoms with Crippen molar-refractivity contribution in [3.63, 3.8) is 0 Å². The predicted molar refractivity (Wildman–Crippen MR) is 108 cm³/mol. The Morgan fingerprint density at radius 3 is 2.50 bits per heavy atom. The van der Waals surface area contributed by atoms with Crippen LogP contribution >= 0.6 is 34.8 Å². The molecule has 0 amide bonds. The van der Waals surface area contributed by atoms with Gasteiger partial charge in [-0.2, -0.15) is 13.2 Å². The van der Waals surface area contributed by atoms with Crippen LogP contribution in [-0.4, -0.2) is 22.3 Å². The van der Waals surface area contributed by atoms with Crippen molar-refractivity contribution >= 4 is 40.8 Å². The first kappa shape index (κ1) is 24.2. The Morgan fingerprint density at radius 2 is 1.91 bits per heavy atom. The van der Waals surface area contributed by atoms with Gasteiger partial charge >= 0.3 is 12.1 Å². The van der Waals surface area contributed by atoms with Gasteiger partial charge in [0.25, 0.3) is 0 Å². The fourth-order valence-electron chi connectivity index (χ4n) is 2.83. The predicted octanol–water partition coefficient (Wildman–Crippen LogP) is 6.55. The van der Waals surface area contributed by atoms with E-state index >= 15 is 0 Å². The Labute approximate surface area is 193 Å². The van der Waals surface area contributed by atoms with E-state index < -0.39 is 33.8 Å². The molecule has 172 valence electrons. The minimum absolute atomic E-state index is 0.0844. The van der Waals surface area contributed by atoms with Gasteiger partial charge in [0.05, 0.1) is 16.7 Å². The van der Waals surface area contributed by atoms with Crippen LogP contribution < -0.4 is 4.74 Å². The van der Waals surface area contributed by atoms with Crippen LogP contribution in [0.5, 0.6) is 5.75 Å². The number of benzene rings is 1. The number of rotatable bonds is 6. The van der Waals surface area contributed by atoms with Crippen LogP contribution in [0, 0.1) is 5.82 Å². The van der Waals surface area contributed by atoms with Gasteiger partial charge in [0.2, 0.25) is 0 Å². The van der Waals surface area contributed by atoms with Crippen molar-refractivity contribution in [3.8, 4) is 16.9 Å². The van der Waals surface area contributed by atoms with Crippen molar-refractivity contribution in [2.75, 3.05) is 6.61 Å². The average molecular weight is 516 g/mol. The number of ether oxygens (including phenoxy) is 2. The first-order valence-electron chi connectivity index (χ1n) is 8.81. The Hall–Kier alpha value is -2.43. The molecule has 3 rings (SSSR count). The number of nitrogens with zero attached hydrogens (tertiary/aromatic N) is 2. The molecule has 1 aromatic carbocycles. The lowest BCUT2D eigenvalue weighted by atomic mass is 10.1. The van der Waals surface area contributed by atoms with E-state index in [4.69, 9.17) is 48.8 Å². The molecule has 0 aliphatic rings. The Morgan fingerprint density at radius 1 is 1.22 bits per heavy atom. The van der Waals surface area contributed by atoms with Crippen LogP contribution in [0.3, 0.4) is 0 Å². The number of carbonyl (C=O) groups is 1. The van der Waals surface area contributed by atoms with Crippen molar-refractivity contribution < 1.29 is 36.4 Å². The lowest BCUT2D eigenvalue weighted by Gasteiger charge is -2.10. The van der Waals surface area contributed by atoms with E-state index in [0.29, 0.717) is 4.57 Å². The summed E-state index contributed by atoms with van der Waals surface area (Å²) in [5.41, 5.74) is -2.04. The van der Waals surface area contributed by atoms with E-state index in [1.165, 1.54) is 6.07 Å². The SMILES string of the molecule is CCOC(=O)c1cc(COc2cc(-c3c(Cl)c(C(F)(F)F)n(C)c3Cl)c(F)cc2Cl)on1. The van der Waals surface area contributed by atoms with E-state index in [-0.39, 0.29) is 46.6 Å². The van der Waals surface area contributed by atoms with E-state index in [1.807, 2.05) is 0 Å². The molecule has 0 spiro atoms. The minimum Gasteiger partial charge on any atom is -0.484 e. The highest BCUT2D eigenvalue weighted by molar-refractivity contribution is 6.40. The monoisotopic (exact) mass is 514 g/mol. The third-order valence-corrected chi connectivity index (χ3v) is 5.34. The van der Waals surface area contributed by atoms with Gasteiger partial charge in [0.15, 0.2) is 11.5 Å². The standard InChI is InChI=1S/C19H13Cl3F4N2O4/c1-3-30-18(29)12-4-8(32-27-12)7-31-13-5-9(11(23)6-10(13)20)14-15(21)16(19(24,25)26)28(2)17(14)22/h4-6H,3,7H2,1-2H3. The van der Waals surface area contributed by atoms with Crippen molar-refractivity contribution in [3.05, 3.63) is 56.4 Å². The zero-order valence-corrected chi connectivity index (χ0v) is 18.6. The molecular formula is C19H13Cl3F4N2O4. The topological polar surface area (TPSA) is 66.5 Å². The van der Waals surface area contributed by atoms with E-state index in [1.54, 1.807) is 6.92 Å². The molecule has 13 heteroatoms. The molecule has 32 heavy (non-hydrogen) atoms. The van der Waals surface area contributed by atoms with Crippen LogP contribution in [0.15, 0.2) is 22.7 Å². The average Bonchev–Trinajstić information content (AvgIpc) is 3.25. The third-order valence-electron chi connectivity index (χ3n) is 4.24. The van der Waals surface area contributed by atoms with E-state index in [0.717, 1.165) is 19.2 Å². The molecule has 2 aromatic heterocycles. The number of alkyl halides is 3. The maximum Gasteiger partial charge on any atom is 0.432 e. The fraction of sp³-hybridized carbons (Fsp3) is 0.263. The highest BCUT2D eigenvalue weighted by Gasteiger charge is 2.40. The molecule has 0 bridgehead atoms. The molecule has 0 saturated carbocycles. The molecule has 0 aliphatic carbocycles.